The molecule has 2 atom stereocenters. The van der Waals surface area contributed by atoms with Crippen molar-refractivity contribution in [2.75, 3.05) is 18.4 Å². The number of hydrogen-bond donors (Lipinski definition) is 2. The molecule has 0 fully saturated rings. The van der Waals surface area contributed by atoms with E-state index in [0.717, 1.165) is 28.8 Å². The van der Waals surface area contributed by atoms with E-state index in [1.807, 2.05) is 88.0 Å². The molecular weight excluding hydrogens is 362 g/mol. The lowest BCUT2D eigenvalue weighted by Crippen LogP contribution is -2.48. The minimum atomic E-state index is -0.399. The molecule has 0 aliphatic heterocycles. The van der Waals surface area contributed by atoms with Gasteiger partial charge in [0.05, 0.1) is 18.6 Å². The Morgan fingerprint density at radius 1 is 0.966 bits per heavy atom. The van der Waals surface area contributed by atoms with Crippen LogP contribution >= 0.6 is 0 Å². The second-order valence-corrected chi connectivity index (χ2v) is 7.60. The summed E-state index contributed by atoms with van der Waals surface area (Å²) in [5.41, 5.74) is 4.07. The van der Waals surface area contributed by atoms with E-state index < -0.39 is 6.04 Å². The van der Waals surface area contributed by atoms with Gasteiger partial charge >= 0.3 is 0 Å². The largest absolute Gasteiger partial charge is 0.348 e. The molecule has 0 aliphatic carbocycles. The zero-order chi connectivity index (χ0) is 21.4. The molecule has 0 spiro atoms. The Morgan fingerprint density at radius 3 is 2.21 bits per heavy atom. The number of amides is 2. The highest BCUT2D eigenvalue weighted by Crippen LogP contribution is 2.17. The highest BCUT2D eigenvalue weighted by atomic mass is 16.2. The fraction of sp³-hybridized carbons (Fsp3) is 0.417. The molecule has 2 amide bonds. The van der Waals surface area contributed by atoms with E-state index in [9.17, 15) is 9.59 Å². The van der Waals surface area contributed by atoms with Crippen LogP contribution in [0.2, 0.25) is 0 Å². The van der Waals surface area contributed by atoms with Crippen LogP contribution in [0, 0.1) is 13.8 Å². The minimum absolute atomic E-state index is 0.0714. The highest BCUT2D eigenvalue weighted by molar-refractivity contribution is 5.93. The summed E-state index contributed by atoms with van der Waals surface area (Å²) >= 11 is 0. The van der Waals surface area contributed by atoms with Gasteiger partial charge in [-0.3, -0.25) is 14.5 Å². The highest BCUT2D eigenvalue weighted by Gasteiger charge is 2.24. The quantitative estimate of drug-likeness (QED) is 0.668. The molecule has 5 heteroatoms. The molecule has 156 valence electrons. The maximum absolute atomic E-state index is 12.9. The summed E-state index contributed by atoms with van der Waals surface area (Å²) in [5.74, 6) is -0.183. The van der Waals surface area contributed by atoms with E-state index in [4.69, 9.17) is 0 Å². The van der Waals surface area contributed by atoms with E-state index in [-0.39, 0.29) is 24.4 Å². The molecule has 0 saturated carbocycles. The van der Waals surface area contributed by atoms with Gasteiger partial charge in [0, 0.05) is 5.69 Å². The van der Waals surface area contributed by atoms with E-state index in [2.05, 4.69) is 10.6 Å². The lowest BCUT2D eigenvalue weighted by atomic mass is 10.0. The zero-order valence-electron chi connectivity index (χ0n) is 18.2. The predicted molar refractivity (Wildman–Crippen MR) is 119 cm³/mol. The van der Waals surface area contributed by atoms with Crippen LogP contribution in [-0.4, -0.2) is 35.8 Å². The number of nitrogens with zero attached hydrogens (tertiary/aromatic N) is 1. The van der Waals surface area contributed by atoms with Crippen molar-refractivity contribution in [3.8, 4) is 0 Å². The van der Waals surface area contributed by atoms with Gasteiger partial charge in [0.25, 0.3) is 0 Å². The number of hydrogen-bond acceptors (Lipinski definition) is 3. The molecule has 0 radical (unpaired) electrons. The number of carbonyl (C=O) groups is 2. The van der Waals surface area contributed by atoms with Gasteiger partial charge < -0.3 is 10.6 Å². The number of benzene rings is 2. The van der Waals surface area contributed by atoms with Crippen LogP contribution in [0.15, 0.2) is 48.5 Å². The van der Waals surface area contributed by atoms with Crippen molar-refractivity contribution < 1.29 is 9.59 Å². The van der Waals surface area contributed by atoms with Crippen molar-refractivity contribution in [3.05, 3.63) is 65.2 Å². The van der Waals surface area contributed by atoms with E-state index in [1.54, 1.807) is 0 Å². The Labute approximate surface area is 174 Å². The lowest BCUT2D eigenvalue weighted by Gasteiger charge is -2.29. The van der Waals surface area contributed by atoms with E-state index >= 15 is 0 Å². The first kappa shape index (κ1) is 22.6. The summed E-state index contributed by atoms with van der Waals surface area (Å²) < 4.78 is 0. The Kier molecular flexibility index (Phi) is 8.40. The van der Waals surface area contributed by atoms with Crippen LogP contribution in [-0.2, 0) is 9.59 Å². The van der Waals surface area contributed by atoms with E-state index in [1.165, 1.54) is 0 Å². The zero-order valence-corrected chi connectivity index (χ0v) is 18.2. The second kappa shape index (κ2) is 10.8. The average Bonchev–Trinajstić information content (AvgIpc) is 2.69. The third-order valence-corrected chi connectivity index (χ3v) is 5.22. The molecule has 2 aromatic carbocycles. The second-order valence-electron chi connectivity index (χ2n) is 7.60. The van der Waals surface area contributed by atoms with Crippen molar-refractivity contribution >= 4 is 17.5 Å². The van der Waals surface area contributed by atoms with Crippen molar-refractivity contribution in [2.45, 2.75) is 53.1 Å². The first-order valence-corrected chi connectivity index (χ1v) is 10.3. The molecule has 0 bridgehead atoms. The van der Waals surface area contributed by atoms with Crippen LogP contribution in [0.5, 0.6) is 0 Å². The maximum Gasteiger partial charge on any atom is 0.238 e. The smallest absolute Gasteiger partial charge is 0.238 e. The molecule has 0 aliphatic rings. The normalized spacial score (nSPS) is 13.0. The summed E-state index contributed by atoms with van der Waals surface area (Å²) in [6.07, 6.45) is 0.864. The van der Waals surface area contributed by atoms with Gasteiger partial charge in [-0.2, -0.15) is 0 Å². The standard InChI is InChI=1S/C24H33N3O2/c1-6-15-27(16-23(28)26-22-14-10-8-12-18(22)3)20(5)24(29)25-19(4)21-13-9-7-11-17(21)2/h7-14,19-20H,6,15-16H2,1-5H3,(H,25,29)(H,26,28). The van der Waals surface area contributed by atoms with Gasteiger partial charge in [0.15, 0.2) is 0 Å². The van der Waals surface area contributed by atoms with Crippen LogP contribution < -0.4 is 10.6 Å². The Hall–Kier alpha value is -2.66. The number of anilines is 1. The van der Waals surface area contributed by atoms with Crippen molar-refractivity contribution in [1.82, 2.24) is 10.2 Å². The molecular formula is C24H33N3O2. The van der Waals surface area contributed by atoms with Gasteiger partial charge in [0.2, 0.25) is 11.8 Å². The molecule has 0 heterocycles. The lowest BCUT2D eigenvalue weighted by molar-refractivity contribution is -0.127. The maximum atomic E-state index is 12.9. The number of para-hydroxylation sites is 1. The minimum Gasteiger partial charge on any atom is -0.348 e. The van der Waals surface area contributed by atoms with Crippen LogP contribution in [0.1, 0.15) is 49.9 Å². The first-order chi connectivity index (χ1) is 13.8. The van der Waals surface area contributed by atoms with E-state index in [0.29, 0.717) is 6.54 Å². The topological polar surface area (TPSA) is 61.4 Å². The molecule has 29 heavy (non-hydrogen) atoms. The van der Waals surface area contributed by atoms with Gasteiger partial charge in [-0.25, -0.2) is 0 Å². The third-order valence-electron chi connectivity index (χ3n) is 5.22. The average molecular weight is 396 g/mol. The fourth-order valence-electron chi connectivity index (χ4n) is 3.43. The summed E-state index contributed by atoms with van der Waals surface area (Å²) in [7, 11) is 0. The molecule has 5 nitrogen and oxygen atoms in total. The van der Waals surface area contributed by atoms with Crippen LogP contribution in [0.25, 0.3) is 0 Å². The number of carbonyl (C=O) groups excluding carboxylic acids is 2. The Bertz CT molecular complexity index is 834. The summed E-state index contributed by atoms with van der Waals surface area (Å²) in [4.78, 5) is 27.4. The van der Waals surface area contributed by atoms with Crippen LogP contribution in [0.3, 0.4) is 0 Å². The molecule has 2 N–H and O–H groups in total. The molecule has 0 aromatic heterocycles. The van der Waals surface area contributed by atoms with Crippen LogP contribution in [0.4, 0.5) is 5.69 Å². The predicted octanol–water partition coefficient (Wildman–Crippen LogP) is 4.22. The van der Waals surface area contributed by atoms with Gasteiger partial charge in [-0.05, 0) is 63.4 Å². The summed E-state index contributed by atoms with van der Waals surface area (Å²) in [6, 6.07) is 15.2. The third kappa shape index (κ3) is 6.43. The number of nitrogens with one attached hydrogen (secondary N) is 2. The molecule has 2 rings (SSSR count). The first-order valence-electron chi connectivity index (χ1n) is 10.3. The van der Waals surface area contributed by atoms with Crippen molar-refractivity contribution in [1.29, 1.82) is 0 Å². The van der Waals surface area contributed by atoms with Gasteiger partial charge in [0.1, 0.15) is 0 Å². The summed E-state index contributed by atoms with van der Waals surface area (Å²) in [5, 5.41) is 6.05. The fourth-order valence-corrected chi connectivity index (χ4v) is 3.43. The molecule has 2 unspecified atom stereocenters. The Balaban J connectivity index is 2.01. The Morgan fingerprint density at radius 2 is 1.59 bits per heavy atom. The van der Waals surface area contributed by atoms with Crippen molar-refractivity contribution in [2.24, 2.45) is 0 Å². The summed E-state index contributed by atoms with van der Waals surface area (Å²) in [6.45, 7) is 10.7. The monoisotopic (exact) mass is 395 g/mol. The molecule has 2 aromatic rings. The van der Waals surface area contributed by atoms with Crippen molar-refractivity contribution in [3.63, 3.8) is 0 Å². The SMILES string of the molecule is CCCN(CC(=O)Nc1ccccc1C)C(C)C(=O)NC(C)c1ccccc1C. The van der Waals surface area contributed by atoms with Gasteiger partial charge in [-0.1, -0.05) is 49.4 Å². The number of aryl methyl sites for hydroxylation is 2. The van der Waals surface area contributed by atoms with Gasteiger partial charge in [-0.15, -0.1) is 0 Å². The molecule has 0 saturated heterocycles. The number of rotatable bonds is 9.